The normalized spacial score (nSPS) is 11.0. The third kappa shape index (κ3) is 6.49. The topological polar surface area (TPSA) is 71.3 Å². The van der Waals surface area contributed by atoms with Crippen molar-refractivity contribution in [3.8, 4) is 17.6 Å². The van der Waals surface area contributed by atoms with Gasteiger partial charge in [-0.05, 0) is 75.6 Å². The highest BCUT2D eigenvalue weighted by molar-refractivity contribution is 6.10. The van der Waals surface area contributed by atoms with Crippen LogP contribution in [0, 0.1) is 39.0 Å². The molecular weight excluding hydrogens is 424 g/mol. The van der Waals surface area contributed by atoms with E-state index >= 15 is 0 Å². The molecule has 0 radical (unpaired) electrons. The summed E-state index contributed by atoms with van der Waals surface area (Å²) in [6, 6.07) is 19.4. The molecule has 0 aliphatic carbocycles. The molecule has 0 saturated carbocycles. The number of ether oxygens (including phenoxy) is 2. The zero-order chi connectivity index (χ0) is 24.7. The second-order valence-electron chi connectivity index (χ2n) is 8.37. The number of benzene rings is 3. The van der Waals surface area contributed by atoms with Crippen molar-refractivity contribution in [1.82, 2.24) is 0 Å². The molecule has 0 aliphatic heterocycles. The number of nitrogens with zero attached hydrogens (tertiary/aromatic N) is 1. The van der Waals surface area contributed by atoms with Crippen molar-refractivity contribution in [3.63, 3.8) is 0 Å². The molecule has 34 heavy (non-hydrogen) atoms. The average Bonchev–Trinajstić information content (AvgIpc) is 2.78. The second-order valence-corrected chi connectivity index (χ2v) is 8.37. The molecule has 0 aliphatic rings. The maximum atomic E-state index is 12.7. The summed E-state index contributed by atoms with van der Waals surface area (Å²) in [6.07, 6.45) is 1.55. The van der Waals surface area contributed by atoms with Crippen molar-refractivity contribution in [1.29, 1.82) is 5.26 Å². The van der Waals surface area contributed by atoms with Crippen LogP contribution in [-0.4, -0.2) is 12.5 Å². The van der Waals surface area contributed by atoms with Gasteiger partial charge in [-0.15, -0.1) is 0 Å². The summed E-state index contributed by atoms with van der Waals surface area (Å²) in [7, 11) is 0. The Kier molecular flexibility index (Phi) is 8.10. The number of amides is 1. The lowest BCUT2D eigenvalue weighted by molar-refractivity contribution is -0.112. The molecule has 3 aromatic carbocycles. The average molecular weight is 455 g/mol. The van der Waals surface area contributed by atoms with E-state index < -0.39 is 5.91 Å². The van der Waals surface area contributed by atoms with E-state index in [0.29, 0.717) is 36.0 Å². The fraction of sp³-hybridized carbons (Fsp3) is 0.241. The number of hydrogen-bond acceptors (Lipinski definition) is 4. The van der Waals surface area contributed by atoms with Gasteiger partial charge in [-0.3, -0.25) is 4.79 Å². The van der Waals surface area contributed by atoms with Gasteiger partial charge in [-0.25, -0.2) is 0 Å². The summed E-state index contributed by atoms with van der Waals surface area (Å²) in [5, 5.41) is 12.4. The smallest absolute Gasteiger partial charge is 0.266 e. The van der Waals surface area contributed by atoms with Gasteiger partial charge in [-0.1, -0.05) is 53.1 Å². The van der Waals surface area contributed by atoms with Gasteiger partial charge in [0.15, 0.2) is 11.5 Å². The quantitative estimate of drug-likeness (QED) is 0.314. The van der Waals surface area contributed by atoms with Gasteiger partial charge in [-0.2, -0.15) is 5.26 Å². The summed E-state index contributed by atoms with van der Waals surface area (Å²) in [4.78, 5) is 12.7. The number of rotatable bonds is 8. The van der Waals surface area contributed by atoms with E-state index in [1.807, 2.05) is 45.0 Å². The first-order valence-electron chi connectivity index (χ1n) is 11.3. The summed E-state index contributed by atoms with van der Waals surface area (Å²) in [5.41, 5.74) is 6.87. The Balaban J connectivity index is 1.80. The molecule has 3 aromatic rings. The number of nitrogens with one attached hydrogen (secondary N) is 1. The number of hydrogen-bond donors (Lipinski definition) is 1. The summed E-state index contributed by atoms with van der Waals surface area (Å²) in [5.74, 6) is 0.714. The van der Waals surface area contributed by atoms with Crippen LogP contribution in [-0.2, 0) is 11.4 Å². The van der Waals surface area contributed by atoms with E-state index in [2.05, 4.69) is 37.4 Å². The van der Waals surface area contributed by atoms with Crippen molar-refractivity contribution >= 4 is 17.7 Å². The molecule has 1 amide bonds. The molecule has 0 unspecified atom stereocenters. The molecule has 0 bridgehead atoms. The highest BCUT2D eigenvalue weighted by Gasteiger charge is 2.13. The van der Waals surface area contributed by atoms with Crippen LogP contribution in [0.3, 0.4) is 0 Å². The lowest BCUT2D eigenvalue weighted by Crippen LogP contribution is -2.14. The standard InChI is InChI=1S/C29H30N2O3/c1-6-33-28-16-23(8-10-27(28)34-18-24-13-20(3)11-21(4)14-24)15-25(17-30)29(32)31-26-9-7-19(2)12-22(26)5/h7-16H,6,18H2,1-5H3,(H,31,32)/b25-15+. The number of anilines is 1. The van der Waals surface area contributed by atoms with Crippen molar-refractivity contribution in [2.75, 3.05) is 11.9 Å². The maximum Gasteiger partial charge on any atom is 0.266 e. The Morgan fingerprint density at radius 1 is 0.912 bits per heavy atom. The van der Waals surface area contributed by atoms with Gasteiger partial charge < -0.3 is 14.8 Å². The zero-order valence-corrected chi connectivity index (χ0v) is 20.4. The zero-order valence-electron chi connectivity index (χ0n) is 20.4. The van der Waals surface area contributed by atoms with Crippen LogP contribution >= 0.6 is 0 Å². The van der Waals surface area contributed by atoms with Gasteiger partial charge in [0.25, 0.3) is 5.91 Å². The maximum absolute atomic E-state index is 12.7. The monoisotopic (exact) mass is 454 g/mol. The van der Waals surface area contributed by atoms with Gasteiger partial charge in [0.2, 0.25) is 0 Å². The lowest BCUT2D eigenvalue weighted by Gasteiger charge is -2.13. The number of nitriles is 1. The minimum atomic E-state index is -0.456. The fourth-order valence-electron chi connectivity index (χ4n) is 3.77. The van der Waals surface area contributed by atoms with E-state index in [9.17, 15) is 10.1 Å². The SMILES string of the molecule is CCOc1cc(/C=C(\C#N)C(=O)Nc2ccc(C)cc2C)ccc1OCc1cc(C)cc(C)c1. The molecule has 0 aromatic heterocycles. The van der Waals surface area contributed by atoms with Crippen LogP contribution in [0.1, 0.15) is 40.3 Å². The molecule has 174 valence electrons. The van der Waals surface area contributed by atoms with E-state index in [-0.39, 0.29) is 5.57 Å². The van der Waals surface area contributed by atoms with E-state index in [0.717, 1.165) is 16.7 Å². The third-order valence-corrected chi connectivity index (χ3v) is 5.25. The third-order valence-electron chi connectivity index (χ3n) is 5.25. The van der Waals surface area contributed by atoms with Crippen molar-refractivity contribution in [3.05, 3.63) is 93.6 Å². The molecule has 5 heteroatoms. The largest absolute Gasteiger partial charge is 0.490 e. The van der Waals surface area contributed by atoms with Crippen LogP contribution in [0.15, 0.2) is 60.2 Å². The molecule has 0 saturated heterocycles. The minimum absolute atomic E-state index is 0.00586. The summed E-state index contributed by atoms with van der Waals surface area (Å²) in [6.45, 7) is 10.8. The Hall–Kier alpha value is -4.04. The van der Waals surface area contributed by atoms with Gasteiger partial charge in [0.05, 0.1) is 6.61 Å². The van der Waals surface area contributed by atoms with E-state index in [1.54, 1.807) is 24.3 Å². The van der Waals surface area contributed by atoms with Crippen molar-refractivity contribution in [2.45, 2.75) is 41.2 Å². The molecular formula is C29H30N2O3. The van der Waals surface area contributed by atoms with E-state index in [4.69, 9.17) is 9.47 Å². The Labute approximate surface area is 201 Å². The lowest BCUT2D eigenvalue weighted by atomic mass is 10.1. The first-order valence-corrected chi connectivity index (χ1v) is 11.3. The minimum Gasteiger partial charge on any atom is -0.490 e. The first kappa shape index (κ1) is 24.6. The first-order chi connectivity index (χ1) is 16.3. The van der Waals surface area contributed by atoms with Crippen LogP contribution in [0.4, 0.5) is 5.69 Å². The molecule has 0 heterocycles. The predicted octanol–water partition coefficient (Wildman–Crippen LogP) is 6.44. The van der Waals surface area contributed by atoms with Gasteiger partial charge in [0.1, 0.15) is 18.2 Å². The molecule has 0 atom stereocenters. The highest BCUT2D eigenvalue weighted by Crippen LogP contribution is 2.30. The van der Waals surface area contributed by atoms with Crippen LogP contribution < -0.4 is 14.8 Å². The van der Waals surface area contributed by atoms with Gasteiger partial charge in [0, 0.05) is 5.69 Å². The van der Waals surface area contributed by atoms with E-state index in [1.165, 1.54) is 11.1 Å². The van der Waals surface area contributed by atoms with Crippen molar-refractivity contribution < 1.29 is 14.3 Å². The molecule has 0 fully saturated rings. The molecule has 5 nitrogen and oxygen atoms in total. The van der Waals surface area contributed by atoms with Crippen LogP contribution in [0.25, 0.3) is 6.08 Å². The summed E-state index contributed by atoms with van der Waals surface area (Å²) >= 11 is 0. The number of carbonyl (C=O) groups excluding carboxylic acids is 1. The fourth-order valence-corrected chi connectivity index (χ4v) is 3.77. The molecule has 1 N–H and O–H groups in total. The van der Waals surface area contributed by atoms with Crippen LogP contribution in [0.5, 0.6) is 11.5 Å². The molecule has 3 rings (SSSR count). The number of carbonyl (C=O) groups is 1. The number of aryl methyl sites for hydroxylation is 4. The van der Waals surface area contributed by atoms with Gasteiger partial charge >= 0.3 is 0 Å². The Bertz CT molecular complexity index is 1250. The molecule has 0 spiro atoms. The highest BCUT2D eigenvalue weighted by atomic mass is 16.5. The second kappa shape index (κ2) is 11.2. The Morgan fingerprint density at radius 2 is 1.65 bits per heavy atom. The van der Waals surface area contributed by atoms with Crippen molar-refractivity contribution in [2.24, 2.45) is 0 Å². The Morgan fingerprint density at radius 3 is 2.29 bits per heavy atom. The van der Waals surface area contributed by atoms with Crippen LogP contribution in [0.2, 0.25) is 0 Å². The predicted molar refractivity (Wildman–Crippen MR) is 136 cm³/mol. The summed E-state index contributed by atoms with van der Waals surface area (Å²) < 4.78 is 11.8.